The summed E-state index contributed by atoms with van der Waals surface area (Å²) in [6.45, 7) is 0.434. The Hall–Kier alpha value is -1.74. The maximum atomic E-state index is 11.6. The van der Waals surface area contributed by atoms with E-state index in [1.54, 1.807) is 18.3 Å². The topological polar surface area (TPSA) is 48.0 Å². The Balaban J connectivity index is 2.38. The monoisotopic (exact) mass is 234 g/mol. The molecule has 3 nitrogen and oxygen atoms in total. The van der Waals surface area contributed by atoms with Gasteiger partial charge in [-0.3, -0.25) is 4.79 Å². The summed E-state index contributed by atoms with van der Waals surface area (Å²) < 4.78 is 1.54. The molecule has 0 aliphatic rings. The molecule has 82 valence electrons. The van der Waals surface area contributed by atoms with E-state index < -0.39 is 0 Å². The number of nitrogen functional groups attached to an aromatic ring is 1. The predicted molar refractivity (Wildman–Crippen MR) is 65.7 cm³/mol. The van der Waals surface area contributed by atoms with Crippen LogP contribution in [0.4, 0.5) is 5.69 Å². The molecule has 0 aliphatic carbocycles. The van der Waals surface area contributed by atoms with Crippen LogP contribution in [-0.2, 0) is 6.54 Å². The molecule has 0 spiro atoms. The highest BCUT2D eigenvalue weighted by Gasteiger charge is 2.01. The average molecular weight is 235 g/mol. The van der Waals surface area contributed by atoms with Gasteiger partial charge in [0.25, 0.3) is 5.56 Å². The van der Waals surface area contributed by atoms with Gasteiger partial charge < -0.3 is 10.3 Å². The first-order chi connectivity index (χ1) is 7.66. The Morgan fingerprint density at radius 1 is 1.19 bits per heavy atom. The lowest BCUT2D eigenvalue weighted by Crippen LogP contribution is -2.19. The van der Waals surface area contributed by atoms with Gasteiger partial charge in [0.1, 0.15) is 0 Å². The maximum absolute atomic E-state index is 11.6. The van der Waals surface area contributed by atoms with E-state index in [2.05, 4.69) is 0 Å². The average Bonchev–Trinajstić information content (AvgIpc) is 2.27. The van der Waals surface area contributed by atoms with Crippen LogP contribution in [0, 0.1) is 0 Å². The van der Waals surface area contributed by atoms with Crippen LogP contribution < -0.4 is 11.3 Å². The number of hydrogen-bond donors (Lipinski definition) is 1. The molecule has 0 radical (unpaired) electrons. The van der Waals surface area contributed by atoms with Crippen molar-refractivity contribution in [2.24, 2.45) is 0 Å². The molecule has 1 aromatic carbocycles. The third kappa shape index (κ3) is 2.25. The van der Waals surface area contributed by atoms with E-state index in [0.717, 1.165) is 5.56 Å². The number of anilines is 1. The lowest BCUT2D eigenvalue weighted by Gasteiger charge is -2.07. The third-order valence-corrected chi connectivity index (χ3v) is 2.67. The first kappa shape index (κ1) is 10.8. The van der Waals surface area contributed by atoms with Crippen molar-refractivity contribution in [3.63, 3.8) is 0 Å². The molecular weight excluding hydrogens is 224 g/mol. The first-order valence-corrected chi connectivity index (χ1v) is 5.24. The normalized spacial score (nSPS) is 10.3. The zero-order valence-corrected chi connectivity index (χ0v) is 9.32. The minimum Gasteiger partial charge on any atom is -0.398 e. The molecule has 0 unspecified atom stereocenters. The summed E-state index contributed by atoms with van der Waals surface area (Å²) in [7, 11) is 0. The van der Waals surface area contributed by atoms with Crippen LogP contribution in [0.3, 0.4) is 0 Å². The van der Waals surface area contributed by atoms with Gasteiger partial charge in [-0.15, -0.1) is 0 Å². The molecule has 0 saturated heterocycles. The Morgan fingerprint density at radius 2 is 1.94 bits per heavy atom. The summed E-state index contributed by atoms with van der Waals surface area (Å²) in [5, 5.41) is 0.650. The van der Waals surface area contributed by atoms with E-state index in [9.17, 15) is 4.79 Å². The van der Waals surface area contributed by atoms with Crippen molar-refractivity contribution in [1.29, 1.82) is 0 Å². The Morgan fingerprint density at radius 3 is 2.69 bits per heavy atom. The lowest BCUT2D eigenvalue weighted by atomic mass is 10.2. The summed E-state index contributed by atoms with van der Waals surface area (Å²) in [6.07, 6.45) is 1.62. The number of nitrogens with two attached hydrogens (primary N) is 1. The number of benzene rings is 1. The van der Waals surface area contributed by atoms with Crippen molar-refractivity contribution in [2.75, 3.05) is 5.73 Å². The van der Waals surface area contributed by atoms with Crippen molar-refractivity contribution in [3.05, 3.63) is 63.5 Å². The summed E-state index contributed by atoms with van der Waals surface area (Å²) in [4.78, 5) is 11.6. The van der Waals surface area contributed by atoms with Crippen molar-refractivity contribution in [3.8, 4) is 0 Å². The second-order valence-corrected chi connectivity index (χ2v) is 3.93. The van der Waals surface area contributed by atoms with E-state index in [-0.39, 0.29) is 5.56 Å². The molecule has 0 atom stereocenters. The van der Waals surface area contributed by atoms with Gasteiger partial charge in [-0.2, -0.15) is 0 Å². The second kappa shape index (κ2) is 4.41. The molecule has 0 amide bonds. The molecule has 0 saturated carbocycles. The highest BCUT2D eigenvalue weighted by Crippen LogP contribution is 2.15. The molecule has 0 fully saturated rings. The molecule has 1 aromatic heterocycles. The summed E-state index contributed by atoms with van der Waals surface area (Å²) >= 11 is 6.02. The van der Waals surface area contributed by atoms with Crippen LogP contribution in [0.2, 0.25) is 5.02 Å². The van der Waals surface area contributed by atoms with Gasteiger partial charge in [0.2, 0.25) is 0 Å². The number of aromatic nitrogens is 1. The number of nitrogens with zero attached hydrogens (tertiary/aromatic N) is 1. The smallest absolute Gasteiger partial charge is 0.250 e. The summed E-state index contributed by atoms with van der Waals surface area (Å²) in [5.74, 6) is 0. The fraction of sp³-hybridized carbons (Fsp3) is 0.0833. The molecule has 16 heavy (non-hydrogen) atoms. The van der Waals surface area contributed by atoms with Crippen molar-refractivity contribution in [1.82, 2.24) is 4.57 Å². The standard InChI is InChI=1S/C12H11ClN2O/c13-11-4-2-1-3-9(11)7-15-8-10(14)5-6-12(15)16/h1-6,8H,7,14H2. The SMILES string of the molecule is Nc1ccc(=O)n(Cc2ccccc2Cl)c1. The summed E-state index contributed by atoms with van der Waals surface area (Å²) in [6, 6.07) is 10.5. The zero-order chi connectivity index (χ0) is 11.5. The van der Waals surface area contributed by atoms with Crippen LogP contribution >= 0.6 is 11.6 Å². The minimum absolute atomic E-state index is 0.0888. The largest absolute Gasteiger partial charge is 0.398 e. The van der Waals surface area contributed by atoms with Gasteiger partial charge in [0, 0.05) is 23.0 Å². The fourth-order valence-electron chi connectivity index (χ4n) is 1.48. The van der Waals surface area contributed by atoms with Gasteiger partial charge in [0.05, 0.1) is 6.54 Å². The van der Waals surface area contributed by atoms with Crippen LogP contribution in [0.15, 0.2) is 47.4 Å². The quantitative estimate of drug-likeness (QED) is 0.866. The molecule has 0 aliphatic heterocycles. The number of hydrogen-bond acceptors (Lipinski definition) is 2. The second-order valence-electron chi connectivity index (χ2n) is 3.52. The molecule has 2 rings (SSSR count). The van der Waals surface area contributed by atoms with Gasteiger partial charge >= 0.3 is 0 Å². The van der Waals surface area contributed by atoms with Crippen LogP contribution in [0.25, 0.3) is 0 Å². The van der Waals surface area contributed by atoms with Gasteiger partial charge in [-0.1, -0.05) is 29.8 Å². The Kier molecular flexibility index (Phi) is 2.97. The first-order valence-electron chi connectivity index (χ1n) is 4.86. The molecule has 1 heterocycles. The Labute approximate surface area is 98.1 Å². The molecular formula is C12H11ClN2O. The highest BCUT2D eigenvalue weighted by molar-refractivity contribution is 6.31. The van der Waals surface area contributed by atoms with E-state index in [1.807, 2.05) is 18.2 Å². The van der Waals surface area contributed by atoms with E-state index in [1.165, 1.54) is 10.6 Å². The molecule has 2 N–H and O–H groups in total. The van der Waals surface area contributed by atoms with Gasteiger partial charge in [0.15, 0.2) is 0 Å². The van der Waals surface area contributed by atoms with Crippen molar-refractivity contribution >= 4 is 17.3 Å². The summed E-state index contributed by atoms with van der Waals surface area (Å²) in [5.41, 5.74) is 7.00. The number of rotatable bonds is 2. The van der Waals surface area contributed by atoms with Gasteiger partial charge in [-0.25, -0.2) is 0 Å². The highest BCUT2D eigenvalue weighted by atomic mass is 35.5. The number of halogens is 1. The van der Waals surface area contributed by atoms with Crippen LogP contribution in [-0.4, -0.2) is 4.57 Å². The third-order valence-electron chi connectivity index (χ3n) is 2.30. The predicted octanol–water partition coefficient (Wildman–Crippen LogP) is 2.13. The van der Waals surface area contributed by atoms with Gasteiger partial charge in [-0.05, 0) is 17.7 Å². The van der Waals surface area contributed by atoms with Crippen LogP contribution in [0.1, 0.15) is 5.56 Å². The number of pyridine rings is 1. The molecule has 0 bridgehead atoms. The van der Waals surface area contributed by atoms with Crippen LogP contribution in [0.5, 0.6) is 0 Å². The molecule has 2 aromatic rings. The lowest BCUT2D eigenvalue weighted by molar-refractivity contribution is 0.762. The minimum atomic E-state index is -0.0888. The van der Waals surface area contributed by atoms with E-state index in [4.69, 9.17) is 17.3 Å². The fourth-order valence-corrected chi connectivity index (χ4v) is 1.68. The van der Waals surface area contributed by atoms with Crippen molar-refractivity contribution < 1.29 is 0 Å². The Bertz CT molecular complexity index is 563. The zero-order valence-electron chi connectivity index (χ0n) is 8.56. The molecule has 4 heteroatoms. The van der Waals surface area contributed by atoms with E-state index >= 15 is 0 Å². The van der Waals surface area contributed by atoms with E-state index in [0.29, 0.717) is 17.3 Å². The van der Waals surface area contributed by atoms with Crippen molar-refractivity contribution in [2.45, 2.75) is 6.54 Å². The maximum Gasteiger partial charge on any atom is 0.250 e.